The minimum Gasteiger partial charge on any atom is -0.491 e. The molecule has 0 radical (unpaired) electrons. The molecule has 3 aromatic rings. The van der Waals surface area contributed by atoms with Crippen LogP contribution in [0.5, 0.6) is 5.75 Å². The molecule has 0 spiro atoms. The standard InChI is InChI=1S/C22H26N2O4/c1-4-27-9-10-28-17-11-18(15(2)3)21-19(12-17)20(22(25)26)14-24(21)13-16-7-5-6-8-23-16/h5-8,11-12,14-15H,4,9-10,13H2,1-3H3,(H,25,26). The van der Waals surface area contributed by atoms with E-state index in [4.69, 9.17) is 9.47 Å². The first kappa shape index (κ1) is 19.9. The first-order valence-corrected chi connectivity index (χ1v) is 9.51. The topological polar surface area (TPSA) is 73.6 Å². The Labute approximate surface area is 164 Å². The molecule has 6 nitrogen and oxygen atoms in total. The molecule has 0 amide bonds. The second kappa shape index (κ2) is 8.89. The minimum absolute atomic E-state index is 0.206. The summed E-state index contributed by atoms with van der Waals surface area (Å²) in [7, 11) is 0. The maximum Gasteiger partial charge on any atom is 0.337 e. The van der Waals surface area contributed by atoms with Gasteiger partial charge in [0, 0.05) is 24.4 Å². The minimum atomic E-state index is -0.953. The summed E-state index contributed by atoms with van der Waals surface area (Å²) >= 11 is 0. The molecular weight excluding hydrogens is 356 g/mol. The van der Waals surface area contributed by atoms with Gasteiger partial charge in [0.1, 0.15) is 12.4 Å². The van der Waals surface area contributed by atoms with Crippen molar-refractivity contribution in [2.75, 3.05) is 19.8 Å². The number of pyridine rings is 1. The Hall–Kier alpha value is -2.86. The summed E-state index contributed by atoms with van der Waals surface area (Å²) in [5.74, 6) is -0.0862. The normalized spacial score (nSPS) is 11.3. The van der Waals surface area contributed by atoms with E-state index in [0.717, 1.165) is 16.8 Å². The van der Waals surface area contributed by atoms with Crippen LogP contribution in [0, 0.1) is 0 Å². The van der Waals surface area contributed by atoms with Crippen molar-refractivity contribution < 1.29 is 19.4 Å². The number of hydrogen-bond acceptors (Lipinski definition) is 4. The second-order valence-corrected chi connectivity index (χ2v) is 6.91. The summed E-state index contributed by atoms with van der Waals surface area (Å²) in [5.41, 5.74) is 3.11. The number of fused-ring (bicyclic) bond motifs is 1. The number of nitrogens with zero attached hydrogens (tertiary/aromatic N) is 2. The van der Waals surface area contributed by atoms with Crippen LogP contribution in [0.2, 0.25) is 0 Å². The average molecular weight is 382 g/mol. The number of rotatable bonds is 9. The van der Waals surface area contributed by atoms with Gasteiger partial charge in [0.15, 0.2) is 0 Å². The van der Waals surface area contributed by atoms with Gasteiger partial charge in [0.05, 0.1) is 29.9 Å². The van der Waals surface area contributed by atoms with Gasteiger partial charge in [-0.1, -0.05) is 19.9 Å². The Morgan fingerprint density at radius 2 is 2.07 bits per heavy atom. The number of aromatic carboxylic acids is 1. The maximum atomic E-state index is 11.9. The molecule has 0 fully saturated rings. The Morgan fingerprint density at radius 1 is 1.25 bits per heavy atom. The molecular formula is C22H26N2O4. The monoisotopic (exact) mass is 382 g/mol. The molecule has 1 N–H and O–H groups in total. The molecule has 0 aliphatic carbocycles. The van der Waals surface area contributed by atoms with Crippen LogP contribution in [0.15, 0.2) is 42.7 Å². The van der Waals surface area contributed by atoms with E-state index in [-0.39, 0.29) is 11.5 Å². The first-order valence-electron chi connectivity index (χ1n) is 9.51. The predicted octanol–water partition coefficient (Wildman–Crippen LogP) is 4.32. The summed E-state index contributed by atoms with van der Waals surface area (Å²) in [4.78, 5) is 16.3. The highest BCUT2D eigenvalue weighted by Gasteiger charge is 2.20. The molecule has 0 aliphatic heterocycles. The maximum absolute atomic E-state index is 11.9. The van der Waals surface area contributed by atoms with Crippen molar-refractivity contribution in [2.45, 2.75) is 33.2 Å². The van der Waals surface area contributed by atoms with Gasteiger partial charge in [-0.05, 0) is 42.7 Å². The molecule has 2 heterocycles. The molecule has 3 rings (SSSR count). The molecule has 0 saturated heterocycles. The van der Waals surface area contributed by atoms with Gasteiger partial charge in [-0.25, -0.2) is 4.79 Å². The summed E-state index contributed by atoms with van der Waals surface area (Å²) < 4.78 is 13.1. The van der Waals surface area contributed by atoms with Crippen LogP contribution >= 0.6 is 0 Å². The van der Waals surface area contributed by atoms with E-state index in [1.165, 1.54) is 0 Å². The number of aromatic nitrogens is 2. The number of carboxylic acid groups (broad SMARTS) is 1. The largest absolute Gasteiger partial charge is 0.491 e. The molecule has 148 valence electrons. The van der Waals surface area contributed by atoms with E-state index in [1.54, 1.807) is 12.4 Å². The third-order valence-corrected chi connectivity index (χ3v) is 4.59. The van der Waals surface area contributed by atoms with Crippen LogP contribution in [0.4, 0.5) is 0 Å². The predicted molar refractivity (Wildman–Crippen MR) is 108 cm³/mol. The van der Waals surface area contributed by atoms with Gasteiger partial charge in [0.25, 0.3) is 0 Å². The summed E-state index contributed by atoms with van der Waals surface area (Å²) in [6.07, 6.45) is 3.43. The van der Waals surface area contributed by atoms with E-state index in [9.17, 15) is 9.90 Å². The van der Waals surface area contributed by atoms with Gasteiger partial charge in [-0.15, -0.1) is 0 Å². The summed E-state index contributed by atoms with van der Waals surface area (Å²) in [5, 5.41) is 10.4. The molecule has 0 atom stereocenters. The van der Waals surface area contributed by atoms with Crippen LogP contribution in [-0.4, -0.2) is 40.4 Å². The lowest BCUT2D eigenvalue weighted by atomic mass is 9.99. The molecule has 2 aromatic heterocycles. The summed E-state index contributed by atoms with van der Waals surface area (Å²) in [6.45, 7) is 8.20. The zero-order valence-electron chi connectivity index (χ0n) is 16.5. The third-order valence-electron chi connectivity index (χ3n) is 4.59. The SMILES string of the molecule is CCOCCOc1cc(C(C)C)c2c(c1)c(C(=O)O)cn2Cc1ccccn1. The van der Waals surface area contributed by atoms with Crippen molar-refractivity contribution >= 4 is 16.9 Å². The van der Waals surface area contributed by atoms with Gasteiger partial charge >= 0.3 is 5.97 Å². The lowest BCUT2D eigenvalue weighted by molar-refractivity contribution is 0.0698. The molecule has 6 heteroatoms. The van der Waals surface area contributed by atoms with Gasteiger partial charge in [-0.2, -0.15) is 0 Å². The fourth-order valence-corrected chi connectivity index (χ4v) is 3.29. The Kier molecular flexibility index (Phi) is 6.31. The van der Waals surface area contributed by atoms with Crippen molar-refractivity contribution in [3.05, 3.63) is 59.5 Å². The zero-order chi connectivity index (χ0) is 20.1. The molecule has 0 saturated carbocycles. The van der Waals surface area contributed by atoms with Crippen molar-refractivity contribution in [3.8, 4) is 5.75 Å². The average Bonchev–Trinajstić information content (AvgIpc) is 3.04. The van der Waals surface area contributed by atoms with Crippen molar-refractivity contribution in [1.29, 1.82) is 0 Å². The number of hydrogen-bond donors (Lipinski definition) is 1. The molecule has 0 bridgehead atoms. The van der Waals surface area contributed by atoms with Gasteiger partial charge < -0.3 is 19.1 Å². The molecule has 0 aliphatic rings. The Morgan fingerprint density at radius 3 is 2.71 bits per heavy atom. The highest BCUT2D eigenvalue weighted by Crippen LogP contribution is 2.34. The molecule has 0 unspecified atom stereocenters. The Balaban J connectivity index is 2.08. The van der Waals surface area contributed by atoms with Crippen molar-refractivity contribution in [2.24, 2.45) is 0 Å². The first-order chi connectivity index (χ1) is 13.5. The lowest BCUT2D eigenvalue weighted by Gasteiger charge is -2.15. The van der Waals surface area contributed by atoms with E-state index in [0.29, 0.717) is 37.5 Å². The van der Waals surface area contributed by atoms with Crippen molar-refractivity contribution in [3.63, 3.8) is 0 Å². The van der Waals surface area contributed by atoms with Crippen LogP contribution in [0.25, 0.3) is 10.9 Å². The number of carboxylic acids is 1. The number of ether oxygens (including phenoxy) is 2. The fraction of sp³-hybridized carbons (Fsp3) is 0.364. The van der Waals surface area contributed by atoms with Gasteiger partial charge in [0.2, 0.25) is 0 Å². The van der Waals surface area contributed by atoms with E-state index >= 15 is 0 Å². The van der Waals surface area contributed by atoms with Crippen LogP contribution in [0.3, 0.4) is 0 Å². The third kappa shape index (κ3) is 4.34. The van der Waals surface area contributed by atoms with Crippen LogP contribution in [0.1, 0.15) is 48.3 Å². The zero-order valence-corrected chi connectivity index (χ0v) is 16.5. The lowest BCUT2D eigenvalue weighted by Crippen LogP contribution is -2.07. The van der Waals surface area contributed by atoms with E-state index in [1.807, 2.05) is 41.8 Å². The summed E-state index contributed by atoms with van der Waals surface area (Å²) in [6, 6.07) is 9.54. The fourth-order valence-electron chi connectivity index (χ4n) is 3.29. The van der Waals surface area contributed by atoms with Crippen LogP contribution < -0.4 is 4.74 Å². The van der Waals surface area contributed by atoms with Crippen LogP contribution in [-0.2, 0) is 11.3 Å². The van der Waals surface area contributed by atoms with E-state index in [2.05, 4.69) is 18.8 Å². The van der Waals surface area contributed by atoms with E-state index < -0.39 is 5.97 Å². The Bertz CT molecular complexity index is 948. The van der Waals surface area contributed by atoms with Crippen molar-refractivity contribution in [1.82, 2.24) is 9.55 Å². The number of carbonyl (C=O) groups is 1. The highest BCUT2D eigenvalue weighted by atomic mass is 16.5. The molecule has 1 aromatic carbocycles. The smallest absolute Gasteiger partial charge is 0.337 e. The highest BCUT2D eigenvalue weighted by molar-refractivity contribution is 6.05. The quantitative estimate of drug-likeness (QED) is 0.558. The molecule has 28 heavy (non-hydrogen) atoms. The number of benzene rings is 1. The van der Waals surface area contributed by atoms with Gasteiger partial charge in [-0.3, -0.25) is 4.98 Å². The second-order valence-electron chi connectivity index (χ2n) is 6.91.